The van der Waals surface area contributed by atoms with Gasteiger partial charge in [0.1, 0.15) is 11.7 Å². The van der Waals surface area contributed by atoms with Crippen molar-refractivity contribution in [2.45, 2.75) is 33.7 Å². The van der Waals surface area contributed by atoms with Gasteiger partial charge in [0.05, 0.1) is 18.2 Å². The summed E-state index contributed by atoms with van der Waals surface area (Å²) in [7, 11) is 0. The van der Waals surface area contributed by atoms with Crippen molar-refractivity contribution >= 4 is 17.8 Å². The molecule has 0 aliphatic carbocycles. The van der Waals surface area contributed by atoms with Crippen molar-refractivity contribution in [3.8, 4) is 0 Å². The summed E-state index contributed by atoms with van der Waals surface area (Å²) in [4.78, 5) is 37.3. The van der Waals surface area contributed by atoms with Crippen molar-refractivity contribution in [3.05, 3.63) is 47.4 Å². The Balaban J connectivity index is 2.36. The van der Waals surface area contributed by atoms with Crippen LogP contribution < -0.4 is 0 Å². The molecule has 1 aromatic carbocycles. The zero-order chi connectivity index (χ0) is 17.9. The summed E-state index contributed by atoms with van der Waals surface area (Å²) in [6.07, 6.45) is 0.151. The van der Waals surface area contributed by atoms with E-state index in [-0.39, 0.29) is 18.1 Å². The monoisotopic (exact) mass is 331 g/mol. The van der Waals surface area contributed by atoms with Gasteiger partial charge in [-0.1, -0.05) is 44.2 Å². The Morgan fingerprint density at radius 3 is 2.46 bits per heavy atom. The Kier molecular flexibility index (Phi) is 5.39. The van der Waals surface area contributed by atoms with Crippen molar-refractivity contribution in [1.82, 2.24) is 4.90 Å². The first-order valence-corrected chi connectivity index (χ1v) is 7.86. The molecule has 0 saturated heterocycles. The predicted octanol–water partition coefficient (Wildman–Crippen LogP) is 2.55. The third kappa shape index (κ3) is 3.48. The van der Waals surface area contributed by atoms with Crippen molar-refractivity contribution < 1.29 is 24.2 Å². The van der Waals surface area contributed by atoms with Crippen LogP contribution in [0.3, 0.4) is 0 Å². The molecule has 6 heteroatoms. The molecule has 0 fully saturated rings. The van der Waals surface area contributed by atoms with Crippen LogP contribution in [0, 0.1) is 11.8 Å². The number of amides is 1. The lowest BCUT2D eigenvalue weighted by Crippen LogP contribution is -2.34. The standard InChI is InChI=1S/C18H21NO5/c1-4-14(20)24-16-12(3)19(10-13-8-6-5-7-9-13)17(21)15(16)11(2)18(22)23/h5-9,11,15H,4,10H2,1-3H3,(H,22,23). The van der Waals surface area contributed by atoms with Crippen LogP contribution in [0.4, 0.5) is 0 Å². The molecule has 128 valence electrons. The van der Waals surface area contributed by atoms with Gasteiger partial charge in [-0.25, -0.2) is 0 Å². The van der Waals surface area contributed by atoms with Gasteiger partial charge in [0.25, 0.3) is 0 Å². The van der Waals surface area contributed by atoms with E-state index >= 15 is 0 Å². The molecule has 1 amide bonds. The highest BCUT2D eigenvalue weighted by Gasteiger charge is 2.45. The molecular weight excluding hydrogens is 310 g/mol. The normalized spacial score (nSPS) is 18.7. The second kappa shape index (κ2) is 7.29. The van der Waals surface area contributed by atoms with E-state index in [0.717, 1.165) is 5.56 Å². The first-order valence-electron chi connectivity index (χ1n) is 7.86. The predicted molar refractivity (Wildman–Crippen MR) is 86.4 cm³/mol. The van der Waals surface area contributed by atoms with Crippen LogP contribution in [0.15, 0.2) is 41.8 Å². The van der Waals surface area contributed by atoms with E-state index in [0.29, 0.717) is 12.2 Å². The molecule has 6 nitrogen and oxygen atoms in total. The molecule has 2 unspecified atom stereocenters. The van der Waals surface area contributed by atoms with E-state index in [1.807, 2.05) is 30.3 Å². The van der Waals surface area contributed by atoms with Gasteiger partial charge in [-0.3, -0.25) is 14.4 Å². The number of carbonyl (C=O) groups excluding carboxylic acids is 2. The van der Waals surface area contributed by atoms with Crippen LogP contribution in [0.25, 0.3) is 0 Å². The average Bonchev–Trinajstić information content (AvgIpc) is 2.79. The highest BCUT2D eigenvalue weighted by Crippen LogP contribution is 2.36. The summed E-state index contributed by atoms with van der Waals surface area (Å²) in [5, 5.41) is 9.30. The third-order valence-corrected chi connectivity index (χ3v) is 4.16. The number of nitrogens with zero attached hydrogens (tertiary/aromatic N) is 1. The summed E-state index contributed by atoms with van der Waals surface area (Å²) in [5.74, 6) is -3.76. The van der Waals surface area contributed by atoms with Crippen LogP contribution >= 0.6 is 0 Å². The van der Waals surface area contributed by atoms with Gasteiger partial charge in [-0.15, -0.1) is 0 Å². The summed E-state index contributed by atoms with van der Waals surface area (Å²) in [6, 6.07) is 9.37. The minimum atomic E-state index is -1.10. The highest BCUT2D eigenvalue weighted by molar-refractivity contribution is 5.91. The number of hydrogen-bond acceptors (Lipinski definition) is 4. The zero-order valence-corrected chi connectivity index (χ0v) is 14.0. The number of ether oxygens (including phenoxy) is 1. The SMILES string of the molecule is CCC(=O)OC1=C(C)N(Cc2ccccc2)C(=O)C1C(C)C(=O)O. The van der Waals surface area contributed by atoms with Crippen LogP contribution in [0.2, 0.25) is 0 Å². The largest absolute Gasteiger partial charge is 0.481 e. The highest BCUT2D eigenvalue weighted by atomic mass is 16.5. The minimum Gasteiger partial charge on any atom is -0.481 e. The molecule has 0 saturated carbocycles. The molecule has 1 N–H and O–H groups in total. The Morgan fingerprint density at radius 2 is 1.92 bits per heavy atom. The van der Waals surface area contributed by atoms with Crippen molar-refractivity contribution in [3.63, 3.8) is 0 Å². The first kappa shape index (κ1) is 17.7. The first-order chi connectivity index (χ1) is 11.4. The van der Waals surface area contributed by atoms with E-state index in [1.165, 1.54) is 11.8 Å². The van der Waals surface area contributed by atoms with Gasteiger partial charge in [0.15, 0.2) is 0 Å². The summed E-state index contributed by atoms with van der Waals surface area (Å²) in [5.41, 5.74) is 1.40. The maximum atomic E-state index is 12.8. The molecule has 2 atom stereocenters. The number of aliphatic carboxylic acids is 1. The topological polar surface area (TPSA) is 83.9 Å². The van der Waals surface area contributed by atoms with Gasteiger partial charge < -0.3 is 14.7 Å². The van der Waals surface area contributed by atoms with Gasteiger partial charge in [-0.2, -0.15) is 0 Å². The lowest BCUT2D eigenvalue weighted by Gasteiger charge is -2.20. The number of hydrogen-bond donors (Lipinski definition) is 1. The van der Waals surface area contributed by atoms with Crippen molar-refractivity contribution in [1.29, 1.82) is 0 Å². The van der Waals surface area contributed by atoms with Gasteiger partial charge in [-0.05, 0) is 12.5 Å². The Bertz CT molecular complexity index is 680. The molecule has 1 aromatic rings. The van der Waals surface area contributed by atoms with E-state index in [4.69, 9.17) is 4.74 Å². The number of esters is 1. The van der Waals surface area contributed by atoms with E-state index in [2.05, 4.69) is 0 Å². The van der Waals surface area contributed by atoms with Crippen LogP contribution in [0.1, 0.15) is 32.8 Å². The molecule has 24 heavy (non-hydrogen) atoms. The molecule has 0 spiro atoms. The summed E-state index contributed by atoms with van der Waals surface area (Å²) < 4.78 is 5.31. The van der Waals surface area contributed by atoms with E-state index in [9.17, 15) is 19.5 Å². The van der Waals surface area contributed by atoms with Gasteiger partial charge in [0, 0.05) is 6.42 Å². The lowest BCUT2D eigenvalue weighted by atomic mass is 9.92. The molecule has 0 radical (unpaired) electrons. The molecule has 0 aromatic heterocycles. The molecule has 1 aliphatic rings. The molecule has 1 heterocycles. The molecule has 1 aliphatic heterocycles. The molecule has 2 rings (SSSR count). The quantitative estimate of drug-likeness (QED) is 0.810. The fourth-order valence-electron chi connectivity index (χ4n) is 2.68. The second-order valence-electron chi connectivity index (χ2n) is 5.79. The molecular formula is C18H21NO5. The lowest BCUT2D eigenvalue weighted by molar-refractivity contribution is -0.149. The van der Waals surface area contributed by atoms with Gasteiger partial charge >= 0.3 is 11.9 Å². The maximum absolute atomic E-state index is 12.8. The minimum absolute atomic E-state index is 0.151. The summed E-state index contributed by atoms with van der Waals surface area (Å²) >= 11 is 0. The van der Waals surface area contributed by atoms with Crippen LogP contribution in [-0.2, 0) is 25.7 Å². The van der Waals surface area contributed by atoms with Crippen molar-refractivity contribution in [2.75, 3.05) is 0 Å². The smallest absolute Gasteiger partial charge is 0.310 e. The Morgan fingerprint density at radius 1 is 1.29 bits per heavy atom. The number of carboxylic acids is 1. The summed E-state index contributed by atoms with van der Waals surface area (Å²) in [6.45, 7) is 5.07. The Hall–Kier alpha value is -2.63. The fraction of sp³-hybridized carbons (Fsp3) is 0.389. The number of benzene rings is 1. The van der Waals surface area contributed by atoms with E-state index < -0.39 is 23.8 Å². The molecule has 0 bridgehead atoms. The van der Waals surface area contributed by atoms with Crippen LogP contribution in [0.5, 0.6) is 0 Å². The van der Waals surface area contributed by atoms with E-state index in [1.54, 1.807) is 13.8 Å². The zero-order valence-electron chi connectivity index (χ0n) is 14.0. The Labute approximate surface area is 140 Å². The number of allylic oxidation sites excluding steroid dienone is 1. The number of carboxylic acid groups (broad SMARTS) is 1. The number of rotatable bonds is 6. The number of carbonyl (C=O) groups is 3. The van der Waals surface area contributed by atoms with Gasteiger partial charge in [0.2, 0.25) is 5.91 Å². The average molecular weight is 331 g/mol. The second-order valence-corrected chi connectivity index (χ2v) is 5.79. The third-order valence-electron chi connectivity index (χ3n) is 4.16. The van der Waals surface area contributed by atoms with Crippen molar-refractivity contribution in [2.24, 2.45) is 11.8 Å². The fourth-order valence-corrected chi connectivity index (χ4v) is 2.68. The maximum Gasteiger partial charge on any atom is 0.310 e. The van der Waals surface area contributed by atoms with Crippen LogP contribution in [-0.4, -0.2) is 27.9 Å².